The van der Waals surface area contributed by atoms with Gasteiger partial charge >= 0.3 is 5.91 Å². The minimum absolute atomic E-state index is 0.120. The fourth-order valence-electron chi connectivity index (χ4n) is 3.29. The number of hydrogen-bond acceptors (Lipinski definition) is 4. The van der Waals surface area contributed by atoms with E-state index in [9.17, 15) is 14.0 Å². The molecule has 3 rings (SSSR count). The third-order valence-corrected chi connectivity index (χ3v) is 4.70. The van der Waals surface area contributed by atoms with Crippen molar-refractivity contribution in [3.63, 3.8) is 0 Å². The summed E-state index contributed by atoms with van der Waals surface area (Å²) in [5.74, 6) is -0.524. The zero-order valence-corrected chi connectivity index (χ0v) is 15.8. The zero-order valence-electron chi connectivity index (χ0n) is 15.8. The van der Waals surface area contributed by atoms with Gasteiger partial charge in [-0.15, -0.1) is 0 Å². The van der Waals surface area contributed by atoms with Crippen molar-refractivity contribution in [2.24, 2.45) is 0 Å². The number of amides is 1. The molecule has 0 spiro atoms. The van der Waals surface area contributed by atoms with Crippen LogP contribution in [0, 0.1) is 12.7 Å². The van der Waals surface area contributed by atoms with Crippen LogP contribution in [0.1, 0.15) is 21.5 Å². The molecule has 2 aromatic rings. The fourth-order valence-corrected chi connectivity index (χ4v) is 3.29. The Morgan fingerprint density at radius 3 is 2.41 bits per heavy atom. The molecule has 7 heteroatoms. The average molecular weight is 373 g/mol. The van der Waals surface area contributed by atoms with Gasteiger partial charge < -0.3 is 14.4 Å². The van der Waals surface area contributed by atoms with Crippen molar-refractivity contribution in [2.75, 3.05) is 32.8 Å². The van der Waals surface area contributed by atoms with Gasteiger partial charge in [0, 0.05) is 5.56 Å². The van der Waals surface area contributed by atoms with E-state index in [2.05, 4.69) is 0 Å². The van der Waals surface area contributed by atoms with Gasteiger partial charge in [-0.05, 0) is 42.8 Å². The first-order valence-electron chi connectivity index (χ1n) is 8.54. The average Bonchev–Trinajstić information content (AvgIpc) is 2.87. The van der Waals surface area contributed by atoms with Crippen molar-refractivity contribution in [2.45, 2.75) is 13.5 Å². The molecule has 27 heavy (non-hydrogen) atoms. The molecule has 0 radical (unpaired) electrons. The third-order valence-electron chi connectivity index (χ3n) is 4.70. The second-order valence-electron chi connectivity index (χ2n) is 6.65. The monoisotopic (exact) mass is 373 g/mol. The summed E-state index contributed by atoms with van der Waals surface area (Å²) in [6, 6.07) is 7.67. The Hall–Kier alpha value is -2.93. The molecule has 1 aliphatic rings. The standard InChI is InChI=1S/C20H21FN2O4/c1-12-7-17(26-3)18(27-4)8-13(12)10-22(2)11-23-16-6-5-14(21)9-15(16)19(24)20(23)25/h5-9H,10-11H2,1-4H3/p+1. The van der Waals surface area contributed by atoms with E-state index in [1.165, 1.54) is 17.0 Å². The van der Waals surface area contributed by atoms with Crippen LogP contribution in [-0.4, -0.2) is 39.6 Å². The van der Waals surface area contributed by atoms with Gasteiger partial charge in [0.25, 0.3) is 5.78 Å². The number of ketones is 1. The molecule has 1 atom stereocenters. The number of methoxy groups -OCH3 is 2. The van der Waals surface area contributed by atoms with Gasteiger partial charge in [0.15, 0.2) is 18.2 Å². The number of aryl methyl sites for hydroxylation is 1. The minimum atomic E-state index is -0.667. The highest BCUT2D eigenvalue weighted by molar-refractivity contribution is 6.52. The second kappa shape index (κ2) is 7.36. The van der Waals surface area contributed by atoms with Gasteiger partial charge in [0.2, 0.25) is 0 Å². The first-order valence-corrected chi connectivity index (χ1v) is 8.54. The summed E-state index contributed by atoms with van der Waals surface area (Å²) in [7, 11) is 5.10. The van der Waals surface area contributed by atoms with E-state index >= 15 is 0 Å². The van der Waals surface area contributed by atoms with Gasteiger partial charge in [-0.25, -0.2) is 4.39 Å². The smallest absolute Gasteiger partial charge is 0.303 e. The summed E-state index contributed by atoms with van der Waals surface area (Å²) in [5.41, 5.74) is 2.66. The zero-order chi connectivity index (χ0) is 19.7. The van der Waals surface area contributed by atoms with Crippen molar-refractivity contribution in [3.8, 4) is 11.5 Å². The van der Waals surface area contributed by atoms with E-state index in [0.29, 0.717) is 23.7 Å². The number of fused-ring (bicyclic) bond motifs is 1. The highest BCUT2D eigenvalue weighted by Crippen LogP contribution is 2.30. The highest BCUT2D eigenvalue weighted by atomic mass is 19.1. The van der Waals surface area contributed by atoms with E-state index in [1.54, 1.807) is 14.2 Å². The fraction of sp³-hybridized carbons (Fsp3) is 0.300. The lowest BCUT2D eigenvalue weighted by atomic mass is 10.1. The number of carbonyl (C=O) groups is 2. The molecule has 0 aliphatic carbocycles. The lowest BCUT2D eigenvalue weighted by Gasteiger charge is -2.23. The Morgan fingerprint density at radius 1 is 1.07 bits per heavy atom. The van der Waals surface area contributed by atoms with Gasteiger partial charge in [-0.3, -0.25) is 14.5 Å². The lowest BCUT2D eigenvalue weighted by molar-refractivity contribution is -0.892. The van der Waals surface area contributed by atoms with E-state index in [4.69, 9.17) is 9.47 Å². The van der Waals surface area contributed by atoms with Gasteiger partial charge in [0.05, 0.1) is 32.5 Å². The number of hydrogen-bond donors (Lipinski definition) is 1. The van der Waals surface area contributed by atoms with Crippen LogP contribution < -0.4 is 19.3 Å². The Kier molecular flexibility index (Phi) is 5.14. The summed E-state index contributed by atoms with van der Waals surface area (Å²) in [6.45, 7) is 2.88. The molecule has 142 valence electrons. The molecule has 0 fully saturated rings. The van der Waals surface area contributed by atoms with Gasteiger partial charge in [0.1, 0.15) is 12.4 Å². The highest BCUT2D eigenvalue weighted by Gasteiger charge is 2.37. The molecule has 1 heterocycles. The summed E-state index contributed by atoms with van der Waals surface area (Å²) < 4.78 is 24.1. The molecule has 1 amide bonds. The number of anilines is 1. The van der Waals surface area contributed by atoms with Crippen LogP contribution in [0.2, 0.25) is 0 Å². The van der Waals surface area contributed by atoms with Crippen LogP contribution in [0.15, 0.2) is 30.3 Å². The predicted molar refractivity (Wildman–Crippen MR) is 98.0 cm³/mol. The minimum Gasteiger partial charge on any atom is -0.493 e. The van der Waals surface area contributed by atoms with Crippen LogP contribution >= 0.6 is 0 Å². The third kappa shape index (κ3) is 3.50. The van der Waals surface area contributed by atoms with Crippen LogP contribution in [0.4, 0.5) is 10.1 Å². The number of rotatable bonds is 6. The molecule has 0 saturated heterocycles. The van der Waals surface area contributed by atoms with E-state index in [-0.39, 0.29) is 12.2 Å². The lowest BCUT2D eigenvalue weighted by Crippen LogP contribution is -3.09. The molecular formula is C20H22FN2O4+. The SMILES string of the molecule is COc1cc(C)c(C[NH+](C)CN2C(=O)C(=O)c3cc(F)ccc32)cc1OC. The first-order chi connectivity index (χ1) is 12.8. The van der Waals surface area contributed by atoms with Crippen LogP contribution in [0.25, 0.3) is 0 Å². The molecule has 1 aliphatic heterocycles. The van der Waals surface area contributed by atoms with Crippen LogP contribution in [-0.2, 0) is 11.3 Å². The summed E-state index contributed by atoms with van der Waals surface area (Å²) >= 11 is 0. The molecule has 0 saturated carbocycles. The molecule has 2 aromatic carbocycles. The number of halogens is 1. The maximum absolute atomic E-state index is 13.4. The number of quaternary nitrogens is 1. The first kappa shape index (κ1) is 18.8. The Morgan fingerprint density at radius 2 is 1.74 bits per heavy atom. The maximum atomic E-state index is 13.4. The molecule has 1 N–H and O–H groups in total. The van der Waals surface area contributed by atoms with Crippen molar-refractivity contribution in [1.82, 2.24) is 0 Å². The van der Waals surface area contributed by atoms with Crippen molar-refractivity contribution in [3.05, 3.63) is 52.8 Å². The normalized spacial score (nSPS) is 14.3. The molecule has 0 bridgehead atoms. The number of ether oxygens (including phenoxy) is 2. The largest absolute Gasteiger partial charge is 0.493 e. The molecule has 6 nitrogen and oxygen atoms in total. The van der Waals surface area contributed by atoms with Gasteiger partial charge in [-0.1, -0.05) is 0 Å². The summed E-state index contributed by atoms with van der Waals surface area (Å²) in [5, 5.41) is 0. The Labute approximate surface area is 157 Å². The summed E-state index contributed by atoms with van der Waals surface area (Å²) in [6.07, 6.45) is 0. The van der Waals surface area contributed by atoms with E-state index < -0.39 is 17.5 Å². The van der Waals surface area contributed by atoms with E-state index in [0.717, 1.165) is 22.1 Å². The quantitative estimate of drug-likeness (QED) is 0.777. The van der Waals surface area contributed by atoms with Gasteiger partial charge in [-0.2, -0.15) is 0 Å². The van der Waals surface area contributed by atoms with E-state index in [1.807, 2.05) is 26.1 Å². The molecule has 1 unspecified atom stereocenters. The Balaban J connectivity index is 1.80. The number of benzene rings is 2. The number of Topliss-reactive ketones (excluding diaryl/α,β-unsaturated/α-hetero) is 1. The topological polar surface area (TPSA) is 60.3 Å². The summed E-state index contributed by atoms with van der Waals surface area (Å²) in [4.78, 5) is 26.8. The Bertz CT molecular complexity index is 913. The predicted octanol–water partition coefficient (Wildman–Crippen LogP) is 1.35. The van der Waals surface area contributed by atoms with Crippen molar-refractivity contribution < 1.29 is 28.4 Å². The van der Waals surface area contributed by atoms with Crippen molar-refractivity contribution >= 4 is 17.4 Å². The molecular weight excluding hydrogens is 351 g/mol. The number of carbonyl (C=O) groups excluding carboxylic acids is 2. The maximum Gasteiger partial charge on any atom is 0.303 e. The number of nitrogens with zero attached hydrogens (tertiary/aromatic N) is 1. The number of nitrogens with one attached hydrogen (secondary N) is 1. The second-order valence-corrected chi connectivity index (χ2v) is 6.65. The van der Waals surface area contributed by atoms with Crippen LogP contribution in [0.3, 0.4) is 0 Å². The molecule has 0 aromatic heterocycles. The van der Waals surface area contributed by atoms with Crippen molar-refractivity contribution in [1.29, 1.82) is 0 Å². The van der Waals surface area contributed by atoms with Crippen LogP contribution in [0.5, 0.6) is 11.5 Å².